The number of rotatable bonds is 6. The molecule has 0 saturated heterocycles. The third-order valence-corrected chi connectivity index (χ3v) is 2.52. The third kappa shape index (κ3) is 4.24. The monoisotopic (exact) mass is 226 g/mol. The first-order valence-electron chi connectivity index (χ1n) is 5.62. The number of nitrogens with one attached hydrogen (secondary N) is 1. The number of aliphatic hydroxyl groups excluding tert-OH is 1. The molecule has 0 radical (unpaired) electrons. The lowest BCUT2D eigenvalue weighted by Crippen LogP contribution is -2.29. The van der Waals surface area contributed by atoms with Gasteiger partial charge in [-0.1, -0.05) is 0 Å². The second-order valence-corrected chi connectivity index (χ2v) is 4.06. The van der Waals surface area contributed by atoms with E-state index in [-0.39, 0.29) is 18.5 Å². The normalized spacial score (nSPS) is 14.8. The first-order valence-corrected chi connectivity index (χ1v) is 5.62. The quantitative estimate of drug-likeness (QED) is 0.780. The van der Waals surface area contributed by atoms with Crippen molar-refractivity contribution < 1.29 is 9.50 Å². The summed E-state index contributed by atoms with van der Waals surface area (Å²) in [5.74, 6) is -0.315. The Balaban J connectivity index is 2.45. The van der Waals surface area contributed by atoms with E-state index in [4.69, 9.17) is 5.11 Å². The van der Waals surface area contributed by atoms with Crippen LogP contribution >= 0.6 is 0 Å². The van der Waals surface area contributed by atoms with Crippen molar-refractivity contribution in [2.45, 2.75) is 38.8 Å². The topological polar surface area (TPSA) is 45.1 Å². The third-order valence-electron chi connectivity index (χ3n) is 2.52. The van der Waals surface area contributed by atoms with Gasteiger partial charge < -0.3 is 10.4 Å². The number of aromatic nitrogens is 1. The standard InChI is InChI=1S/C12H19FN2O/c1-9(4-3-7-16)15-10(2)12-6-5-11(13)8-14-12/h5-6,8-10,15-16H,3-4,7H2,1-2H3. The zero-order chi connectivity index (χ0) is 12.0. The summed E-state index contributed by atoms with van der Waals surface area (Å²) in [7, 11) is 0. The maximum absolute atomic E-state index is 12.7. The minimum Gasteiger partial charge on any atom is -0.396 e. The van der Waals surface area contributed by atoms with Crippen LogP contribution in [-0.2, 0) is 0 Å². The van der Waals surface area contributed by atoms with Crippen molar-refractivity contribution in [3.8, 4) is 0 Å². The molecule has 1 heterocycles. The molecule has 1 rings (SSSR count). The summed E-state index contributed by atoms with van der Waals surface area (Å²) in [6, 6.07) is 3.51. The summed E-state index contributed by atoms with van der Waals surface area (Å²) in [6.07, 6.45) is 2.94. The second kappa shape index (κ2) is 6.55. The fourth-order valence-electron chi connectivity index (χ4n) is 1.64. The molecule has 0 bridgehead atoms. The molecule has 0 spiro atoms. The molecule has 0 aliphatic carbocycles. The molecular formula is C12H19FN2O. The Labute approximate surface area is 95.7 Å². The van der Waals surface area contributed by atoms with Crippen LogP contribution in [0.5, 0.6) is 0 Å². The molecular weight excluding hydrogens is 207 g/mol. The molecule has 0 aliphatic heterocycles. The molecule has 90 valence electrons. The maximum Gasteiger partial charge on any atom is 0.141 e. The van der Waals surface area contributed by atoms with Gasteiger partial charge in [0, 0.05) is 18.7 Å². The van der Waals surface area contributed by atoms with Gasteiger partial charge in [0.15, 0.2) is 0 Å². The van der Waals surface area contributed by atoms with Crippen molar-refractivity contribution in [3.05, 3.63) is 29.8 Å². The highest BCUT2D eigenvalue weighted by molar-refractivity contribution is 5.09. The van der Waals surface area contributed by atoms with Gasteiger partial charge in [-0.15, -0.1) is 0 Å². The summed E-state index contributed by atoms with van der Waals surface area (Å²) < 4.78 is 12.7. The van der Waals surface area contributed by atoms with E-state index in [0.717, 1.165) is 18.5 Å². The van der Waals surface area contributed by atoms with E-state index in [1.165, 1.54) is 12.3 Å². The zero-order valence-electron chi connectivity index (χ0n) is 9.78. The summed E-state index contributed by atoms with van der Waals surface area (Å²) in [6.45, 7) is 4.28. The largest absolute Gasteiger partial charge is 0.396 e. The number of nitrogens with zero attached hydrogens (tertiary/aromatic N) is 1. The lowest BCUT2D eigenvalue weighted by molar-refractivity contribution is 0.274. The maximum atomic E-state index is 12.7. The van der Waals surface area contributed by atoms with Gasteiger partial charge in [-0.05, 0) is 38.8 Å². The highest BCUT2D eigenvalue weighted by atomic mass is 19.1. The van der Waals surface area contributed by atoms with Gasteiger partial charge in [0.25, 0.3) is 0 Å². The Bertz CT molecular complexity index is 302. The van der Waals surface area contributed by atoms with Crippen molar-refractivity contribution in [1.82, 2.24) is 10.3 Å². The number of hydrogen-bond donors (Lipinski definition) is 2. The molecule has 4 heteroatoms. The molecule has 3 nitrogen and oxygen atoms in total. The zero-order valence-corrected chi connectivity index (χ0v) is 9.78. The number of hydrogen-bond acceptors (Lipinski definition) is 3. The van der Waals surface area contributed by atoms with Crippen LogP contribution in [0.4, 0.5) is 4.39 Å². The first-order chi connectivity index (χ1) is 7.63. The molecule has 16 heavy (non-hydrogen) atoms. The van der Waals surface area contributed by atoms with E-state index in [9.17, 15) is 4.39 Å². The highest BCUT2D eigenvalue weighted by Gasteiger charge is 2.10. The minimum absolute atomic E-state index is 0.0919. The summed E-state index contributed by atoms with van der Waals surface area (Å²) in [4.78, 5) is 4.02. The Morgan fingerprint density at radius 2 is 2.19 bits per heavy atom. The fourth-order valence-corrected chi connectivity index (χ4v) is 1.64. The molecule has 0 saturated carbocycles. The smallest absolute Gasteiger partial charge is 0.141 e. The van der Waals surface area contributed by atoms with Crippen LogP contribution in [0.1, 0.15) is 38.4 Å². The average Bonchev–Trinajstić information content (AvgIpc) is 2.27. The molecule has 0 amide bonds. The van der Waals surface area contributed by atoms with Crippen molar-refractivity contribution in [3.63, 3.8) is 0 Å². The molecule has 2 atom stereocenters. The van der Waals surface area contributed by atoms with Crippen molar-refractivity contribution in [2.24, 2.45) is 0 Å². The van der Waals surface area contributed by atoms with Gasteiger partial charge in [0.05, 0.1) is 11.9 Å². The van der Waals surface area contributed by atoms with Gasteiger partial charge in [-0.3, -0.25) is 4.98 Å². The summed E-state index contributed by atoms with van der Waals surface area (Å²) in [5, 5.41) is 12.1. The van der Waals surface area contributed by atoms with Crippen molar-refractivity contribution in [2.75, 3.05) is 6.61 Å². The van der Waals surface area contributed by atoms with Crippen molar-refractivity contribution >= 4 is 0 Å². The predicted molar refractivity (Wildman–Crippen MR) is 61.5 cm³/mol. The summed E-state index contributed by atoms with van der Waals surface area (Å²) >= 11 is 0. The Hall–Kier alpha value is -1.00. The van der Waals surface area contributed by atoms with Crippen LogP contribution in [0.15, 0.2) is 18.3 Å². The van der Waals surface area contributed by atoms with E-state index < -0.39 is 0 Å². The number of pyridine rings is 1. The molecule has 1 aromatic rings. The van der Waals surface area contributed by atoms with E-state index in [1.54, 1.807) is 6.07 Å². The van der Waals surface area contributed by atoms with E-state index in [2.05, 4.69) is 17.2 Å². The minimum atomic E-state index is -0.315. The molecule has 1 aromatic heterocycles. The van der Waals surface area contributed by atoms with Gasteiger partial charge in [-0.25, -0.2) is 4.39 Å². The summed E-state index contributed by atoms with van der Waals surface area (Å²) in [5.41, 5.74) is 0.831. The van der Waals surface area contributed by atoms with E-state index in [1.807, 2.05) is 6.92 Å². The molecule has 0 aliphatic rings. The molecule has 0 aromatic carbocycles. The highest BCUT2D eigenvalue weighted by Crippen LogP contribution is 2.11. The Morgan fingerprint density at radius 3 is 2.75 bits per heavy atom. The number of aliphatic hydroxyl groups is 1. The fraction of sp³-hybridized carbons (Fsp3) is 0.583. The Kier molecular flexibility index (Phi) is 5.35. The second-order valence-electron chi connectivity index (χ2n) is 4.06. The van der Waals surface area contributed by atoms with Crippen LogP contribution in [0.2, 0.25) is 0 Å². The molecule has 0 fully saturated rings. The van der Waals surface area contributed by atoms with E-state index >= 15 is 0 Å². The lowest BCUT2D eigenvalue weighted by Gasteiger charge is -2.19. The van der Waals surface area contributed by atoms with Gasteiger partial charge >= 0.3 is 0 Å². The van der Waals surface area contributed by atoms with Crippen molar-refractivity contribution in [1.29, 1.82) is 0 Å². The molecule has 2 N–H and O–H groups in total. The SMILES string of the molecule is CC(CCCO)NC(C)c1ccc(F)cn1. The average molecular weight is 226 g/mol. The predicted octanol–water partition coefficient (Wildman–Crippen LogP) is 2.03. The lowest BCUT2D eigenvalue weighted by atomic mass is 10.1. The van der Waals surface area contributed by atoms with E-state index in [0.29, 0.717) is 6.04 Å². The van der Waals surface area contributed by atoms with Crippen LogP contribution in [0.25, 0.3) is 0 Å². The van der Waals surface area contributed by atoms with Crippen LogP contribution in [0.3, 0.4) is 0 Å². The molecule has 2 unspecified atom stereocenters. The van der Waals surface area contributed by atoms with Crippen LogP contribution < -0.4 is 5.32 Å². The first kappa shape index (κ1) is 13.1. The van der Waals surface area contributed by atoms with Crippen LogP contribution in [-0.4, -0.2) is 22.7 Å². The number of halogens is 1. The van der Waals surface area contributed by atoms with Crippen LogP contribution in [0, 0.1) is 5.82 Å². The van der Waals surface area contributed by atoms with Gasteiger partial charge in [-0.2, -0.15) is 0 Å². The van der Waals surface area contributed by atoms with Gasteiger partial charge in [0.2, 0.25) is 0 Å². The van der Waals surface area contributed by atoms with Gasteiger partial charge in [0.1, 0.15) is 5.82 Å². The Morgan fingerprint density at radius 1 is 1.44 bits per heavy atom.